The maximum Gasteiger partial charge on any atom is 0.256 e. The topological polar surface area (TPSA) is 95.6 Å². The van der Waals surface area contributed by atoms with E-state index in [1.807, 2.05) is 6.20 Å². The molecule has 11 heteroatoms. The van der Waals surface area contributed by atoms with Crippen molar-refractivity contribution in [3.63, 3.8) is 0 Å². The van der Waals surface area contributed by atoms with Gasteiger partial charge in [-0.05, 0) is 84.0 Å². The normalized spacial score (nSPS) is 41.2. The maximum absolute atomic E-state index is 16.1. The van der Waals surface area contributed by atoms with Gasteiger partial charge in [-0.25, -0.2) is 4.39 Å². The van der Waals surface area contributed by atoms with Crippen LogP contribution in [0.2, 0.25) is 0 Å². The second-order valence-corrected chi connectivity index (χ2v) is 14.9. The lowest BCUT2D eigenvalue weighted by atomic mass is 9.67. The van der Waals surface area contributed by atoms with Gasteiger partial charge in [-0.15, -0.1) is 0 Å². The van der Waals surface area contributed by atoms with Gasteiger partial charge < -0.3 is 34.6 Å². The van der Waals surface area contributed by atoms with Gasteiger partial charge in [0, 0.05) is 38.3 Å². The van der Waals surface area contributed by atoms with Crippen LogP contribution in [-0.2, 0) is 23.8 Å². The molecule has 3 aliphatic carbocycles. The Morgan fingerprint density at radius 2 is 1.82 bits per heavy atom. The van der Waals surface area contributed by atoms with Crippen LogP contribution >= 0.6 is 0 Å². The SMILES string of the molecule is CN(C)CCCCNC1C(F)CC2C(=O)C(C(=O)NCCN3CCOCC3)=CN3C4CC5OC6CCCCC6C5CC4OC1C23. The van der Waals surface area contributed by atoms with Crippen molar-refractivity contribution in [2.45, 2.75) is 107 Å². The van der Waals surface area contributed by atoms with Gasteiger partial charge in [0.1, 0.15) is 6.17 Å². The fourth-order valence-electron chi connectivity index (χ4n) is 9.70. The zero-order chi connectivity index (χ0) is 31.1. The fraction of sp³-hybridized carbons (Fsp3) is 0.882. The van der Waals surface area contributed by atoms with Crippen molar-refractivity contribution in [2.24, 2.45) is 17.8 Å². The summed E-state index contributed by atoms with van der Waals surface area (Å²) in [5.41, 5.74) is 0.169. The Morgan fingerprint density at radius 3 is 2.64 bits per heavy atom. The standard InChI is InChI=1S/C34H54FN5O5/c1-38(2)11-6-5-9-36-30-25(35)17-23-31-33(30)45-29-18-22-21-7-3-4-8-27(21)44-28(22)19-26(29)40(31)20-24(32(23)41)34(42)37-10-12-39-13-15-43-16-14-39/h20-23,25-31,33,36H,3-19H2,1-2H3,(H,37,42). The minimum absolute atomic E-state index is 0.0105. The highest BCUT2D eigenvalue weighted by Gasteiger charge is 2.61. The van der Waals surface area contributed by atoms with E-state index in [1.165, 1.54) is 19.3 Å². The molecule has 4 heterocycles. The molecular weight excluding hydrogens is 577 g/mol. The number of ether oxygens (including phenoxy) is 3. The summed E-state index contributed by atoms with van der Waals surface area (Å²) in [4.78, 5) is 34.2. The molecule has 3 saturated carbocycles. The number of ketones is 1. The predicted molar refractivity (Wildman–Crippen MR) is 167 cm³/mol. The summed E-state index contributed by atoms with van der Waals surface area (Å²) >= 11 is 0. The van der Waals surface area contributed by atoms with Crippen LogP contribution < -0.4 is 10.6 Å². The second-order valence-electron chi connectivity index (χ2n) is 14.9. The van der Waals surface area contributed by atoms with Crippen molar-refractivity contribution < 1.29 is 28.2 Å². The first-order chi connectivity index (χ1) is 21.9. The van der Waals surface area contributed by atoms with Crippen LogP contribution in [0.15, 0.2) is 11.8 Å². The number of carbonyl (C=O) groups excluding carboxylic acids is 2. The van der Waals surface area contributed by atoms with E-state index in [9.17, 15) is 9.59 Å². The molecule has 4 aliphatic heterocycles. The first-order valence-electron chi connectivity index (χ1n) is 17.8. The van der Waals surface area contributed by atoms with E-state index >= 15 is 4.39 Å². The Labute approximate surface area is 267 Å². The minimum Gasteiger partial charge on any atom is -0.379 e. The van der Waals surface area contributed by atoms with E-state index < -0.39 is 24.2 Å². The molecule has 0 aromatic heterocycles. The van der Waals surface area contributed by atoms with Gasteiger partial charge >= 0.3 is 0 Å². The Bertz CT molecular complexity index is 1100. The molecule has 3 saturated heterocycles. The molecule has 6 fully saturated rings. The number of nitrogens with one attached hydrogen (secondary N) is 2. The van der Waals surface area contributed by atoms with Crippen LogP contribution in [0, 0.1) is 17.8 Å². The average molecular weight is 632 g/mol. The lowest BCUT2D eigenvalue weighted by Gasteiger charge is -2.60. The smallest absolute Gasteiger partial charge is 0.256 e. The molecule has 2 N–H and O–H groups in total. The van der Waals surface area contributed by atoms with Gasteiger partial charge in [0.05, 0.1) is 61.3 Å². The number of hydrogen-bond acceptors (Lipinski definition) is 9. The van der Waals surface area contributed by atoms with Gasteiger partial charge in [-0.3, -0.25) is 14.5 Å². The monoisotopic (exact) mass is 631 g/mol. The Hall–Kier alpha value is -1.63. The molecule has 0 radical (unpaired) electrons. The predicted octanol–water partition coefficient (Wildman–Crippen LogP) is 1.73. The molecule has 0 bridgehead atoms. The van der Waals surface area contributed by atoms with Gasteiger partial charge in [-0.2, -0.15) is 0 Å². The summed E-state index contributed by atoms with van der Waals surface area (Å²) in [6, 6.07) is -0.745. The molecule has 7 aliphatic rings. The number of morpholine rings is 2. The quantitative estimate of drug-likeness (QED) is 0.276. The summed E-state index contributed by atoms with van der Waals surface area (Å²) < 4.78 is 35.2. The summed E-state index contributed by atoms with van der Waals surface area (Å²) in [5.74, 6) is -0.149. The van der Waals surface area contributed by atoms with Gasteiger partial charge in [0.15, 0.2) is 5.78 Å². The number of Topliss-reactive ketones (excluding diaryl/α,β-unsaturated/α-hetero) is 1. The molecule has 11 atom stereocenters. The Balaban J connectivity index is 1.11. The number of halogens is 1. The highest BCUT2D eigenvalue weighted by molar-refractivity contribution is 6.20. The minimum atomic E-state index is -1.22. The number of alkyl halides is 1. The summed E-state index contributed by atoms with van der Waals surface area (Å²) in [7, 11) is 4.14. The van der Waals surface area contributed by atoms with Crippen molar-refractivity contribution in [2.75, 3.05) is 66.6 Å². The van der Waals surface area contributed by atoms with Crippen molar-refractivity contribution in [1.82, 2.24) is 25.3 Å². The van der Waals surface area contributed by atoms with E-state index in [2.05, 4.69) is 39.4 Å². The van der Waals surface area contributed by atoms with Crippen molar-refractivity contribution in [3.05, 3.63) is 11.8 Å². The maximum atomic E-state index is 16.1. The molecule has 45 heavy (non-hydrogen) atoms. The van der Waals surface area contributed by atoms with E-state index in [0.717, 1.165) is 51.7 Å². The average Bonchev–Trinajstić information content (AvgIpc) is 3.40. The number of amides is 1. The fourth-order valence-corrected chi connectivity index (χ4v) is 9.70. The molecule has 11 unspecified atom stereocenters. The lowest BCUT2D eigenvalue weighted by Crippen LogP contribution is -2.73. The van der Waals surface area contributed by atoms with Crippen molar-refractivity contribution in [3.8, 4) is 0 Å². The zero-order valence-corrected chi connectivity index (χ0v) is 27.2. The van der Waals surface area contributed by atoms with E-state index in [-0.39, 0.29) is 48.0 Å². The third kappa shape index (κ3) is 6.46. The third-order valence-corrected chi connectivity index (χ3v) is 11.9. The van der Waals surface area contributed by atoms with Crippen LogP contribution in [0.5, 0.6) is 0 Å². The van der Waals surface area contributed by atoms with Gasteiger partial charge in [-0.1, -0.05) is 12.8 Å². The molecular formula is C34H54FN5O5. The Morgan fingerprint density at radius 1 is 1.00 bits per heavy atom. The molecule has 0 aromatic carbocycles. The van der Waals surface area contributed by atoms with Gasteiger partial charge in [0.2, 0.25) is 0 Å². The summed E-state index contributed by atoms with van der Waals surface area (Å²) in [5, 5.41) is 6.54. The Kier molecular flexibility index (Phi) is 9.83. The lowest BCUT2D eigenvalue weighted by molar-refractivity contribution is -0.209. The molecule has 0 spiro atoms. The molecule has 1 amide bonds. The largest absolute Gasteiger partial charge is 0.379 e. The first-order valence-corrected chi connectivity index (χ1v) is 17.8. The van der Waals surface area contributed by atoms with Crippen molar-refractivity contribution >= 4 is 11.7 Å². The third-order valence-electron chi connectivity index (χ3n) is 11.9. The van der Waals surface area contributed by atoms with E-state index in [0.29, 0.717) is 50.8 Å². The van der Waals surface area contributed by atoms with Crippen LogP contribution in [0.3, 0.4) is 0 Å². The summed E-state index contributed by atoms with van der Waals surface area (Å²) in [6.45, 7) is 5.97. The van der Waals surface area contributed by atoms with E-state index in [4.69, 9.17) is 14.2 Å². The van der Waals surface area contributed by atoms with Crippen LogP contribution in [0.25, 0.3) is 0 Å². The van der Waals surface area contributed by atoms with Crippen LogP contribution in [0.4, 0.5) is 4.39 Å². The van der Waals surface area contributed by atoms with Gasteiger partial charge in [0.25, 0.3) is 5.91 Å². The van der Waals surface area contributed by atoms with E-state index in [1.54, 1.807) is 0 Å². The van der Waals surface area contributed by atoms with Crippen molar-refractivity contribution in [1.29, 1.82) is 0 Å². The number of nitrogens with zero attached hydrogens (tertiary/aromatic N) is 3. The summed E-state index contributed by atoms with van der Waals surface area (Å²) in [6.07, 6.45) is 9.29. The highest BCUT2D eigenvalue weighted by atomic mass is 19.1. The number of carbonyl (C=O) groups is 2. The molecule has 252 valence electrons. The van der Waals surface area contributed by atoms with Crippen LogP contribution in [0.1, 0.15) is 57.8 Å². The highest BCUT2D eigenvalue weighted by Crippen LogP contribution is 2.52. The van der Waals surface area contributed by atoms with Crippen LogP contribution in [-0.4, -0.2) is 142 Å². The molecule has 0 aromatic rings. The molecule has 10 nitrogen and oxygen atoms in total. The first kappa shape index (κ1) is 31.9. The number of fused-ring (bicyclic) bond motifs is 5. The number of hydrogen-bond donors (Lipinski definition) is 2. The number of rotatable bonds is 10. The molecule has 7 rings (SSSR count). The zero-order valence-electron chi connectivity index (χ0n) is 27.2. The number of unbranched alkanes of at least 4 members (excludes halogenated alkanes) is 1. The second kappa shape index (κ2) is 13.8.